The van der Waals surface area contributed by atoms with Crippen molar-refractivity contribution in [2.45, 2.75) is 71.2 Å². The summed E-state index contributed by atoms with van der Waals surface area (Å²) >= 11 is 0. The molecule has 1 atom stereocenters. The first-order valence-corrected chi connectivity index (χ1v) is 11.7. The van der Waals surface area contributed by atoms with E-state index in [1.54, 1.807) is 0 Å². The quantitative estimate of drug-likeness (QED) is 0.373. The lowest BCUT2D eigenvalue weighted by Crippen LogP contribution is -2.39. The predicted molar refractivity (Wildman–Crippen MR) is 128 cm³/mol. The van der Waals surface area contributed by atoms with Gasteiger partial charge in [0.05, 0.1) is 11.0 Å². The summed E-state index contributed by atoms with van der Waals surface area (Å²) in [6.45, 7) is 6.75. The molecule has 0 unspecified atom stereocenters. The highest BCUT2D eigenvalue weighted by Gasteiger charge is 2.40. The number of carbonyl (C=O) groups is 1. The summed E-state index contributed by atoms with van der Waals surface area (Å²) in [5.41, 5.74) is 3.08. The third-order valence-electron chi connectivity index (χ3n) is 6.66. The molecule has 0 aliphatic heterocycles. The predicted octanol–water partition coefficient (Wildman–Crippen LogP) is 7.01. The number of halogens is 3. The van der Waals surface area contributed by atoms with Crippen LogP contribution in [0.25, 0.3) is 11.0 Å². The molecule has 35 heavy (non-hydrogen) atoms. The SMILES string of the molecule is CC1(C)CCC[C@](C)(n2c(Nc3ccc(OC(F)(F)F)cc3)nc3cc(CCC(=O)O)ccc32)C1. The monoisotopic (exact) mass is 489 g/mol. The molecule has 1 aromatic heterocycles. The smallest absolute Gasteiger partial charge is 0.481 e. The van der Waals surface area contributed by atoms with Gasteiger partial charge in [-0.15, -0.1) is 13.2 Å². The number of carboxylic acids is 1. The first kappa shape index (κ1) is 24.9. The van der Waals surface area contributed by atoms with Gasteiger partial charge in [0.1, 0.15) is 5.75 Å². The van der Waals surface area contributed by atoms with Gasteiger partial charge in [-0.3, -0.25) is 4.79 Å². The van der Waals surface area contributed by atoms with E-state index >= 15 is 0 Å². The molecule has 0 radical (unpaired) electrons. The number of nitrogens with one attached hydrogen (secondary N) is 1. The fourth-order valence-electron chi connectivity index (χ4n) is 5.38. The molecule has 9 heteroatoms. The minimum atomic E-state index is -4.75. The summed E-state index contributed by atoms with van der Waals surface area (Å²) in [6, 6.07) is 11.4. The lowest BCUT2D eigenvalue weighted by Gasteiger charge is -2.44. The number of aromatic nitrogens is 2. The summed E-state index contributed by atoms with van der Waals surface area (Å²) in [7, 11) is 0. The van der Waals surface area contributed by atoms with Crippen molar-refractivity contribution in [1.29, 1.82) is 0 Å². The van der Waals surface area contributed by atoms with Crippen molar-refractivity contribution in [1.82, 2.24) is 9.55 Å². The molecule has 1 fully saturated rings. The van der Waals surface area contributed by atoms with E-state index in [1.165, 1.54) is 24.3 Å². The minimum Gasteiger partial charge on any atom is -0.481 e. The van der Waals surface area contributed by atoms with Gasteiger partial charge in [-0.2, -0.15) is 0 Å². The fraction of sp³-hybridized carbons (Fsp3) is 0.462. The molecule has 1 aliphatic rings. The van der Waals surface area contributed by atoms with Crippen LogP contribution in [0.1, 0.15) is 58.4 Å². The largest absolute Gasteiger partial charge is 0.573 e. The summed E-state index contributed by atoms with van der Waals surface area (Å²) in [5.74, 6) is -0.548. The molecule has 0 spiro atoms. The van der Waals surface area contributed by atoms with E-state index in [-0.39, 0.29) is 23.1 Å². The number of anilines is 2. The molecule has 0 saturated heterocycles. The number of alkyl halides is 3. The van der Waals surface area contributed by atoms with Crippen LogP contribution in [-0.4, -0.2) is 27.0 Å². The van der Waals surface area contributed by atoms with Crippen molar-refractivity contribution >= 4 is 28.6 Å². The van der Waals surface area contributed by atoms with E-state index < -0.39 is 12.3 Å². The van der Waals surface area contributed by atoms with Crippen LogP contribution in [0.2, 0.25) is 0 Å². The second-order valence-corrected chi connectivity index (χ2v) is 10.4. The highest BCUT2D eigenvalue weighted by Crippen LogP contribution is 2.47. The maximum atomic E-state index is 12.5. The van der Waals surface area contributed by atoms with Crippen LogP contribution in [0.3, 0.4) is 0 Å². The Bertz CT molecular complexity index is 1220. The van der Waals surface area contributed by atoms with Gasteiger partial charge < -0.3 is 19.7 Å². The first-order chi connectivity index (χ1) is 16.3. The number of hydrogen-bond donors (Lipinski definition) is 2. The van der Waals surface area contributed by atoms with E-state index in [0.29, 0.717) is 18.1 Å². The molecule has 6 nitrogen and oxygen atoms in total. The van der Waals surface area contributed by atoms with Crippen LogP contribution in [0.5, 0.6) is 5.75 Å². The number of aryl methyl sites for hydroxylation is 1. The Morgan fingerprint density at radius 2 is 1.86 bits per heavy atom. The maximum absolute atomic E-state index is 12.5. The molecular formula is C26H30F3N3O3. The van der Waals surface area contributed by atoms with Gasteiger partial charge in [-0.1, -0.05) is 26.3 Å². The van der Waals surface area contributed by atoms with E-state index in [4.69, 9.17) is 10.1 Å². The average Bonchev–Trinajstić information content (AvgIpc) is 3.09. The van der Waals surface area contributed by atoms with Gasteiger partial charge in [-0.25, -0.2) is 4.98 Å². The number of benzene rings is 2. The molecule has 0 amide bonds. The number of ether oxygens (including phenoxy) is 1. The van der Waals surface area contributed by atoms with Crippen molar-refractivity contribution in [2.24, 2.45) is 5.41 Å². The van der Waals surface area contributed by atoms with E-state index in [0.717, 1.165) is 42.3 Å². The highest BCUT2D eigenvalue weighted by atomic mass is 19.4. The molecule has 1 heterocycles. The van der Waals surface area contributed by atoms with Gasteiger partial charge >= 0.3 is 12.3 Å². The summed E-state index contributed by atoms with van der Waals surface area (Å²) < 4.78 is 43.7. The standard InChI is InChI=1S/C26H30F3N3O3/c1-24(2)13-4-14-25(3,16-24)32-21-11-5-17(6-12-22(33)34)15-20(21)31-23(32)30-18-7-9-19(10-8-18)35-26(27,28)29/h5,7-11,15H,4,6,12-14,16H2,1-3H3,(H,30,31)(H,33,34)/t25-/m0/s1. The third-order valence-corrected chi connectivity index (χ3v) is 6.66. The number of nitrogens with zero attached hydrogens (tertiary/aromatic N) is 2. The third kappa shape index (κ3) is 5.89. The van der Waals surface area contributed by atoms with Gasteiger partial charge in [0.25, 0.3) is 0 Å². The molecule has 188 valence electrons. The van der Waals surface area contributed by atoms with Crippen LogP contribution in [-0.2, 0) is 16.8 Å². The first-order valence-electron chi connectivity index (χ1n) is 11.7. The van der Waals surface area contributed by atoms with E-state index in [2.05, 4.69) is 35.4 Å². The van der Waals surface area contributed by atoms with Crippen molar-refractivity contribution in [3.8, 4) is 5.75 Å². The van der Waals surface area contributed by atoms with Crippen LogP contribution in [0.4, 0.5) is 24.8 Å². The molecule has 3 aromatic rings. The van der Waals surface area contributed by atoms with E-state index in [1.807, 2.05) is 18.2 Å². The Labute approximate surface area is 202 Å². The Morgan fingerprint density at radius 1 is 1.14 bits per heavy atom. The summed E-state index contributed by atoms with van der Waals surface area (Å²) in [6.07, 6.45) is -0.180. The summed E-state index contributed by atoms with van der Waals surface area (Å²) in [4.78, 5) is 15.8. The van der Waals surface area contributed by atoms with Crippen molar-refractivity contribution < 1.29 is 27.8 Å². The lowest BCUT2D eigenvalue weighted by atomic mass is 9.68. The normalized spacial score (nSPS) is 20.1. The Balaban J connectivity index is 1.73. The highest BCUT2D eigenvalue weighted by molar-refractivity contribution is 5.81. The number of aliphatic carboxylic acids is 1. The number of carboxylic acid groups (broad SMARTS) is 1. The summed E-state index contributed by atoms with van der Waals surface area (Å²) in [5, 5.41) is 12.3. The second kappa shape index (κ2) is 9.09. The van der Waals surface area contributed by atoms with Crippen molar-refractivity contribution in [3.63, 3.8) is 0 Å². The number of hydrogen-bond acceptors (Lipinski definition) is 4. The number of fused-ring (bicyclic) bond motifs is 1. The fourth-order valence-corrected chi connectivity index (χ4v) is 5.38. The Morgan fingerprint density at radius 3 is 2.49 bits per heavy atom. The van der Waals surface area contributed by atoms with Crippen LogP contribution < -0.4 is 10.1 Å². The molecule has 2 N–H and O–H groups in total. The van der Waals surface area contributed by atoms with Gasteiger partial charge in [-0.05, 0) is 80.0 Å². The molecule has 2 aromatic carbocycles. The Hall–Kier alpha value is -3.23. The van der Waals surface area contributed by atoms with Crippen molar-refractivity contribution in [3.05, 3.63) is 48.0 Å². The molecule has 0 bridgehead atoms. The van der Waals surface area contributed by atoms with Gasteiger partial charge in [0.2, 0.25) is 5.95 Å². The zero-order valence-electron chi connectivity index (χ0n) is 20.1. The van der Waals surface area contributed by atoms with Crippen LogP contribution in [0.15, 0.2) is 42.5 Å². The second-order valence-electron chi connectivity index (χ2n) is 10.4. The minimum absolute atomic E-state index is 0.0373. The number of rotatable bonds is 7. The molecule has 4 rings (SSSR count). The van der Waals surface area contributed by atoms with Crippen molar-refractivity contribution in [2.75, 3.05) is 5.32 Å². The maximum Gasteiger partial charge on any atom is 0.573 e. The Kier molecular flexibility index (Phi) is 6.46. The van der Waals surface area contributed by atoms with Crippen LogP contribution >= 0.6 is 0 Å². The lowest BCUT2D eigenvalue weighted by molar-refractivity contribution is -0.274. The van der Waals surface area contributed by atoms with Gasteiger partial charge in [0.15, 0.2) is 0 Å². The van der Waals surface area contributed by atoms with E-state index in [9.17, 15) is 18.0 Å². The van der Waals surface area contributed by atoms with Crippen LogP contribution in [0, 0.1) is 5.41 Å². The molecule has 1 saturated carbocycles. The zero-order chi connectivity index (χ0) is 25.4. The average molecular weight is 490 g/mol. The number of imidazole rings is 1. The topological polar surface area (TPSA) is 76.4 Å². The molecule has 1 aliphatic carbocycles. The zero-order valence-corrected chi connectivity index (χ0v) is 20.1. The van der Waals surface area contributed by atoms with Gasteiger partial charge in [0, 0.05) is 17.6 Å². The molecular weight excluding hydrogens is 459 g/mol.